The molecule has 0 saturated heterocycles. The minimum absolute atomic E-state index is 0.144. The van der Waals surface area contributed by atoms with Crippen molar-refractivity contribution in [2.45, 2.75) is 25.1 Å². The number of rotatable bonds is 3. The van der Waals surface area contributed by atoms with Crippen molar-refractivity contribution in [2.24, 2.45) is 0 Å². The van der Waals surface area contributed by atoms with Gasteiger partial charge in [-0.25, -0.2) is 0 Å². The van der Waals surface area contributed by atoms with Crippen molar-refractivity contribution >= 4 is 17.9 Å². The fourth-order valence-electron chi connectivity index (χ4n) is 0.298. The second kappa shape index (κ2) is 4.13. The molecule has 0 unspecified atom stereocenters. The van der Waals surface area contributed by atoms with Crippen LogP contribution in [0.15, 0.2) is 0 Å². The predicted octanol–water partition coefficient (Wildman–Crippen LogP) is 1.59. The van der Waals surface area contributed by atoms with Gasteiger partial charge in [0.15, 0.2) is 0 Å². The smallest absolute Gasteiger partial charge is 0.120 e. The van der Waals surface area contributed by atoms with E-state index in [2.05, 4.69) is 0 Å². The summed E-state index contributed by atoms with van der Waals surface area (Å²) in [7, 11) is 0. The van der Waals surface area contributed by atoms with Crippen LogP contribution in [-0.4, -0.2) is 11.7 Å². The Morgan fingerprint density at radius 1 is 1.86 bits per heavy atom. The number of halogens is 1. The number of carbonyl (C=O) groups excluding carboxylic acids is 1. The molecule has 0 N–H and O–H groups in total. The second-order valence-electron chi connectivity index (χ2n) is 1.52. The van der Waals surface area contributed by atoms with Gasteiger partial charge >= 0.3 is 0 Å². The largest absolute Gasteiger partial charge is 0.303 e. The first-order valence-corrected chi connectivity index (χ1v) is 2.78. The van der Waals surface area contributed by atoms with E-state index in [0.29, 0.717) is 6.42 Å². The molecular formula is C5H9ClO. The molecule has 0 fully saturated rings. The van der Waals surface area contributed by atoms with Gasteiger partial charge in [0, 0.05) is 11.8 Å². The molecule has 0 bridgehead atoms. The van der Waals surface area contributed by atoms with E-state index in [-0.39, 0.29) is 5.38 Å². The molecule has 0 amide bonds. The van der Waals surface area contributed by atoms with Crippen LogP contribution in [0.5, 0.6) is 0 Å². The van der Waals surface area contributed by atoms with Gasteiger partial charge in [-0.1, -0.05) is 0 Å². The van der Waals surface area contributed by atoms with Crippen LogP contribution < -0.4 is 0 Å². The number of hydrogen-bond donors (Lipinski definition) is 0. The van der Waals surface area contributed by atoms with E-state index in [1.165, 1.54) is 0 Å². The normalized spacial score (nSPS) is 13.4. The molecule has 42 valence electrons. The van der Waals surface area contributed by atoms with Gasteiger partial charge in [-0.15, -0.1) is 11.6 Å². The molecule has 7 heavy (non-hydrogen) atoms. The highest BCUT2D eigenvalue weighted by molar-refractivity contribution is 6.20. The fraction of sp³-hybridized carbons (Fsp3) is 0.800. The Labute approximate surface area is 48.7 Å². The highest BCUT2D eigenvalue weighted by Gasteiger charge is 1.91. The van der Waals surface area contributed by atoms with Gasteiger partial charge in [0.25, 0.3) is 0 Å². The molecule has 0 aliphatic carbocycles. The van der Waals surface area contributed by atoms with Crippen molar-refractivity contribution < 1.29 is 4.79 Å². The van der Waals surface area contributed by atoms with Crippen LogP contribution in [0.2, 0.25) is 0 Å². The summed E-state index contributed by atoms with van der Waals surface area (Å²) in [5.41, 5.74) is 0. The zero-order chi connectivity index (χ0) is 5.70. The minimum atomic E-state index is 0.144. The van der Waals surface area contributed by atoms with Crippen molar-refractivity contribution in [1.29, 1.82) is 0 Å². The van der Waals surface area contributed by atoms with Gasteiger partial charge in [0.1, 0.15) is 6.29 Å². The van der Waals surface area contributed by atoms with Crippen LogP contribution in [0.4, 0.5) is 0 Å². The van der Waals surface area contributed by atoms with E-state index in [4.69, 9.17) is 11.6 Å². The summed E-state index contributed by atoms with van der Waals surface area (Å²) in [6, 6.07) is 0. The molecular weight excluding hydrogens is 112 g/mol. The number of carbonyl (C=O) groups is 1. The summed E-state index contributed by atoms with van der Waals surface area (Å²) in [6.45, 7) is 1.88. The van der Waals surface area contributed by atoms with Crippen LogP contribution >= 0.6 is 11.6 Å². The Kier molecular flexibility index (Phi) is 4.10. The van der Waals surface area contributed by atoms with Crippen LogP contribution in [-0.2, 0) is 4.79 Å². The lowest BCUT2D eigenvalue weighted by atomic mass is 10.3. The number of alkyl halides is 1. The Morgan fingerprint density at radius 2 is 2.43 bits per heavy atom. The monoisotopic (exact) mass is 120 g/mol. The van der Waals surface area contributed by atoms with E-state index < -0.39 is 0 Å². The maximum Gasteiger partial charge on any atom is 0.120 e. The van der Waals surface area contributed by atoms with E-state index in [9.17, 15) is 4.79 Å². The zero-order valence-electron chi connectivity index (χ0n) is 4.36. The first-order valence-electron chi connectivity index (χ1n) is 2.35. The topological polar surface area (TPSA) is 17.1 Å². The van der Waals surface area contributed by atoms with Crippen LogP contribution in [0.25, 0.3) is 0 Å². The van der Waals surface area contributed by atoms with E-state index in [1.54, 1.807) is 0 Å². The molecule has 0 radical (unpaired) electrons. The molecule has 0 aliphatic heterocycles. The Balaban J connectivity index is 2.81. The lowest BCUT2D eigenvalue weighted by molar-refractivity contribution is -0.107. The first-order chi connectivity index (χ1) is 3.27. The molecule has 0 spiro atoms. The zero-order valence-corrected chi connectivity index (χ0v) is 5.11. The van der Waals surface area contributed by atoms with Crippen molar-refractivity contribution in [3.05, 3.63) is 0 Å². The third-order valence-electron chi connectivity index (χ3n) is 0.682. The fourth-order valence-corrected chi connectivity index (χ4v) is 0.424. The quantitative estimate of drug-likeness (QED) is 0.408. The summed E-state index contributed by atoms with van der Waals surface area (Å²) in [4.78, 5) is 9.65. The second-order valence-corrected chi connectivity index (χ2v) is 2.27. The molecule has 2 heteroatoms. The van der Waals surface area contributed by atoms with E-state index in [1.807, 2.05) is 6.92 Å². The molecule has 1 atom stereocenters. The third kappa shape index (κ3) is 5.96. The average molecular weight is 121 g/mol. The molecule has 1 nitrogen and oxygen atoms in total. The van der Waals surface area contributed by atoms with Crippen molar-refractivity contribution in [2.75, 3.05) is 0 Å². The number of aldehydes is 1. The Bertz CT molecular complexity index is 52.0. The average Bonchev–Trinajstić information content (AvgIpc) is 1.61. The first kappa shape index (κ1) is 6.96. The Morgan fingerprint density at radius 3 is 2.57 bits per heavy atom. The van der Waals surface area contributed by atoms with Crippen molar-refractivity contribution in [1.82, 2.24) is 0 Å². The lowest BCUT2D eigenvalue weighted by Gasteiger charge is -1.92. The predicted molar refractivity (Wildman–Crippen MR) is 30.6 cm³/mol. The molecule has 0 aromatic heterocycles. The van der Waals surface area contributed by atoms with Gasteiger partial charge in [-0.2, -0.15) is 0 Å². The molecule has 0 aliphatic rings. The SMILES string of the molecule is C[C@H](Cl)CCC=O. The van der Waals surface area contributed by atoms with Gasteiger partial charge in [0.05, 0.1) is 0 Å². The van der Waals surface area contributed by atoms with Crippen molar-refractivity contribution in [3.8, 4) is 0 Å². The van der Waals surface area contributed by atoms with Crippen molar-refractivity contribution in [3.63, 3.8) is 0 Å². The molecule has 0 heterocycles. The molecule has 0 rings (SSSR count). The molecule has 0 aromatic carbocycles. The van der Waals surface area contributed by atoms with Gasteiger partial charge < -0.3 is 4.79 Å². The minimum Gasteiger partial charge on any atom is -0.303 e. The summed E-state index contributed by atoms with van der Waals surface area (Å²) in [6.07, 6.45) is 2.27. The molecule has 0 saturated carbocycles. The van der Waals surface area contributed by atoms with Crippen LogP contribution in [0.1, 0.15) is 19.8 Å². The van der Waals surface area contributed by atoms with E-state index >= 15 is 0 Å². The van der Waals surface area contributed by atoms with Gasteiger partial charge in [-0.05, 0) is 13.3 Å². The number of hydrogen-bond acceptors (Lipinski definition) is 1. The third-order valence-corrected chi connectivity index (χ3v) is 0.901. The van der Waals surface area contributed by atoms with Crippen LogP contribution in [0.3, 0.4) is 0 Å². The molecule has 0 aromatic rings. The maximum atomic E-state index is 9.65. The van der Waals surface area contributed by atoms with Gasteiger partial charge in [0.2, 0.25) is 0 Å². The summed E-state index contributed by atoms with van der Waals surface area (Å²) in [5.74, 6) is 0. The van der Waals surface area contributed by atoms with Gasteiger partial charge in [-0.3, -0.25) is 0 Å². The summed E-state index contributed by atoms with van der Waals surface area (Å²) >= 11 is 5.50. The summed E-state index contributed by atoms with van der Waals surface area (Å²) < 4.78 is 0. The van der Waals surface area contributed by atoms with Crippen LogP contribution in [0, 0.1) is 0 Å². The maximum absolute atomic E-state index is 9.65. The lowest BCUT2D eigenvalue weighted by Crippen LogP contribution is -1.89. The highest BCUT2D eigenvalue weighted by atomic mass is 35.5. The highest BCUT2D eigenvalue weighted by Crippen LogP contribution is 2.00. The summed E-state index contributed by atoms with van der Waals surface area (Å²) in [5, 5.41) is 0.144. The van der Waals surface area contributed by atoms with E-state index in [0.717, 1.165) is 12.7 Å². The Hall–Kier alpha value is -0.0400. The standard InChI is InChI=1S/C5H9ClO/c1-5(6)3-2-4-7/h4-5H,2-3H2,1H3/t5-/m0/s1.